The largest absolute Gasteiger partial charge is 0.490 e. The number of aromatic nitrogens is 4. The number of amides is 1. The zero-order valence-electron chi connectivity index (χ0n) is 24.7. The van der Waals surface area contributed by atoms with Gasteiger partial charge in [-0.2, -0.15) is 36.9 Å². The first-order chi connectivity index (χ1) is 23.0. The van der Waals surface area contributed by atoms with E-state index in [9.17, 15) is 41.7 Å². The number of rotatable bonds is 8. The van der Waals surface area contributed by atoms with Gasteiger partial charge in [0.2, 0.25) is 5.91 Å². The number of nitrogens with one attached hydrogen (secondary N) is 3. The van der Waals surface area contributed by atoms with Gasteiger partial charge in [0.15, 0.2) is 0 Å². The van der Waals surface area contributed by atoms with Crippen LogP contribution in [0.25, 0.3) is 11.1 Å². The lowest BCUT2D eigenvalue weighted by Crippen LogP contribution is -2.21. The van der Waals surface area contributed by atoms with Crippen molar-refractivity contribution in [3.8, 4) is 23.3 Å². The number of thioether (sulfide) groups is 1. The molecular weight excluding hydrogens is 686 g/mol. The smallest absolute Gasteiger partial charge is 0.475 e. The van der Waals surface area contributed by atoms with E-state index in [4.69, 9.17) is 19.8 Å². The number of carboxylic acids is 2. The predicted octanol–water partition coefficient (Wildman–Crippen LogP) is 5.74. The minimum Gasteiger partial charge on any atom is -0.475 e. The van der Waals surface area contributed by atoms with Gasteiger partial charge in [-0.25, -0.2) is 19.6 Å². The van der Waals surface area contributed by atoms with Gasteiger partial charge in [-0.1, -0.05) is 30.0 Å². The van der Waals surface area contributed by atoms with Crippen LogP contribution in [0.3, 0.4) is 0 Å². The number of pyridine rings is 2. The van der Waals surface area contributed by atoms with Gasteiger partial charge >= 0.3 is 24.3 Å². The molecule has 1 amide bonds. The molecule has 0 fully saturated rings. The lowest BCUT2D eigenvalue weighted by Gasteiger charge is -2.16. The molecule has 20 heteroatoms. The number of aliphatic carboxylic acids is 2. The zero-order valence-corrected chi connectivity index (χ0v) is 25.5. The summed E-state index contributed by atoms with van der Waals surface area (Å²) in [4.78, 5) is 45.2. The Morgan fingerprint density at radius 2 is 1.53 bits per heavy atom. The van der Waals surface area contributed by atoms with Crippen molar-refractivity contribution in [1.82, 2.24) is 19.9 Å². The van der Waals surface area contributed by atoms with Crippen LogP contribution in [0.2, 0.25) is 0 Å². The summed E-state index contributed by atoms with van der Waals surface area (Å²) in [5, 5.41) is 40.9. The van der Waals surface area contributed by atoms with Crippen LogP contribution in [0.4, 0.5) is 37.8 Å². The number of carbonyl (C=O) groups is 3. The van der Waals surface area contributed by atoms with Crippen molar-refractivity contribution in [2.24, 2.45) is 0 Å². The number of imidazole rings is 1. The van der Waals surface area contributed by atoms with Crippen molar-refractivity contribution in [2.45, 2.75) is 36.6 Å². The first-order valence-corrected chi connectivity index (χ1v) is 14.1. The van der Waals surface area contributed by atoms with E-state index in [1.54, 1.807) is 49.1 Å². The quantitative estimate of drug-likeness (QED) is 0.109. The monoisotopic (exact) mass is 708 g/mol. The molecule has 0 aliphatic carbocycles. The van der Waals surface area contributed by atoms with E-state index in [0.29, 0.717) is 45.5 Å². The van der Waals surface area contributed by atoms with Crippen molar-refractivity contribution in [1.29, 1.82) is 10.5 Å². The average Bonchev–Trinajstić information content (AvgIpc) is 3.56. The lowest BCUT2D eigenvalue weighted by atomic mass is 9.96. The molecule has 0 aliphatic rings. The maximum atomic E-state index is 11.4. The summed E-state index contributed by atoms with van der Waals surface area (Å²) < 4.78 is 63.5. The van der Waals surface area contributed by atoms with Crippen LogP contribution in [0.1, 0.15) is 29.4 Å². The summed E-state index contributed by atoms with van der Waals surface area (Å²) >= 11 is 1.36. The molecule has 4 aromatic rings. The summed E-state index contributed by atoms with van der Waals surface area (Å²) in [7, 11) is 0. The topological polar surface area (TPSA) is 218 Å². The molecule has 0 saturated heterocycles. The molecule has 3 aromatic heterocycles. The van der Waals surface area contributed by atoms with Gasteiger partial charge in [0, 0.05) is 49.5 Å². The summed E-state index contributed by atoms with van der Waals surface area (Å²) in [6, 6.07) is 15.2. The number of hydrogen-bond donors (Lipinski definition) is 5. The highest BCUT2D eigenvalue weighted by molar-refractivity contribution is 7.98. The summed E-state index contributed by atoms with van der Waals surface area (Å²) in [6.07, 6.45) is -3.35. The van der Waals surface area contributed by atoms with Gasteiger partial charge < -0.3 is 25.8 Å². The van der Waals surface area contributed by atoms with Crippen LogP contribution >= 0.6 is 11.8 Å². The number of H-pyrrole nitrogens is 1. The molecule has 0 saturated carbocycles. The fourth-order valence-corrected chi connectivity index (χ4v) is 4.30. The van der Waals surface area contributed by atoms with Gasteiger partial charge in [0.25, 0.3) is 0 Å². The Labute approximate surface area is 276 Å². The molecule has 4 rings (SSSR count). The van der Waals surface area contributed by atoms with Crippen LogP contribution in [-0.4, -0.2) is 60.3 Å². The van der Waals surface area contributed by atoms with E-state index >= 15 is 0 Å². The van der Waals surface area contributed by atoms with Crippen molar-refractivity contribution in [3.05, 3.63) is 83.7 Å². The molecule has 49 heavy (non-hydrogen) atoms. The number of nitrogens with zero attached hydrogens (tertiary/aromatic N) is 5. The van der Waals surface area contributed by atoms with Crippen LogP contribution in [0.5, 0.6) is 0 Å². The third kappa shape index (κ3) is 12.5. The Hall–Kier alpha value is -6.15. The standard InChI is InChI=1S/C25H20N8OS.2C2HF3O2/c1-16(34)32-19-6-4-18(5-7-19)23-20(11-26)24(31-14-17-3-2-8-28-13-17)33-25(21(23)12-27)35-15-22-29-9-10-30-22;2*3-2(4,5)1(6)7/h2-10,13H,14-15H2,1H3,(H,29,30)(H,31,33)(H,32,34);2*(H,6,7). The molecule has 256 valence electrons. The molecule has 0 atom stereocenters. The Morgan fingerprint density at radius 3 is 1.98 bits per heavy atom. The number of nitriles is 2. The van der Waals surface area contributed by atoms with Gasteiger partial charge in [0.05, 0.1) is 11.3 Å². The number of carbonyl (C=O) groups excluding carboxylic acids is 1. The Morgan fingerprint density at radius 1 is 0.939 bits per heavy atom. The minimum absolute atomic E-state index is 0.185. The van der Waals surface area contributed by atoms with E-state index in [1.807, 2.05) is 12.1 Å². The third-order valence-corrected chi connectivity index (χ3v) is 6.44. The molecule has 0 aliphatic heterocycles. The molecule has 0 unspecified atom stereocenters. The molecule has 0 spiro atoms. The lowest BCUT2D eigenvalue weighted by molar-refractivity contribution is -0.193. The number of anilines is 2. The van der Waals surface area contributed by atoms with Gasteiger partial charge in [-0.15, -0.1) is 0 Å². The van der Waals surface area contributed by atoms with Crippen molar-refractivity contribution in [2.75, 3.05) is 10.6 Å². The fourth-order valence-electron chi connectivity index (χ4n) is 3.42. The van der Waals surface area contributed by atoms with Gasteiger partial charge in [0.1, 0.15) is 34.4 Å². The van der Waals surface area contributed by atoms with E-state index in [1.165, 1.54) is 18.7 Å². The minimum atomic E-state index is -5.08. The number of alkyl halides is 6. The maximum Gasteiger partial charge on any atom is 0.490 e. The number of benzene rings is 1. The Balaban J connectivity index is 0.000000500. The first-order valence-electron chi connectivity index (χ1n) is 13.1. The molecule has 3 heterocycles. The molecule has 0 bridgehead atoms. The maximum absolute atomic E-state index is 11.4. The molecule has 5 N–H and O–H groups in total. The van der Waals surface area contributed by atoms with Gasteiger partial charge in [-0.3, -0.25) is 9.78 Å². The van der Waals surface area contributed by atoms with Crippen LogP contribution in [0.15, 0.2) is 66.2 Å². The first kappa shape index (κ1) is 39.0. The van der Waals surface area contributed by atoms with Gasteiger partial charge in [-0.05, 0) is 29.3 Å². The normalized spacial score (nSPS) is 10.6. The average molecular weight is 709 g/mol. The second kappa shape index (κ2) is 17.7. The highest BCUT2D eigenvalue weighted by atomic mass is 32.2. The summed E-state index contributed by atoms with van der Waals surface area (Å²) in [6.45, 7) is 1.84. The van der Waals surface area contributed by atoms with Crippen molar-refractivity contribution in [3.63, 3.8) is 0 Å². The third-order valence-electron chi connectivity index (χ3n) is 5.45. The highest BCUT2D eigenvalue weighted by Crippen LogP contribution is 2.37. The zero-order chi connectivity index (χ0) is 36.8. The molecule has 0 radical (unpaired) electrons. The van der Waals surface area contributed by atoms with Crippen molar-refractivity contribution < 1.29 is 50.9 Å². The van der Waals surface area contributed by atoms with E-state index < -0.39 is 24.3 Å². The highest BCUT2D eigenvalue weighted by Gasteiger charge is 2.38. The Bertz CT molecular complexity index is 1800. The van der Waals surface area contributed by atoms with Crippen LogP contribution in [0, 0.1) is 22.7 Å². The molecule has 13 nitrogen and oxygen atoms in total. The Kier molecular flexibility index (Phi) is 14.1. The van der Waals surface area contributed by atoms with Crippen LogP contribution < -0.4 is 10.6 Å². The number of carboxylic acid groups (broad SMARTS) is 2. The predicted molar refractivity (Wildman–Crippen MR) is 161 cm³/mol. The number of aromatic amines is 1. The second-order valence-corrected chi connectivity index (χ2v) is 9.98. The second-order valence-electron chi connectivity index (χ2n) is 9.02. The van der Waals surface area contributed by atoms with E-state index in [0.717, 1.165) is 11.4 Å². The summed E-state index contributed by atoms with van der Waals surface area (Å²) in [5.41, 5.74) is 3.26. The van der Waals surface area contributed by atoms with Crippen molar-refractivity contribution >= 4 is 41.1 Å². The molecular formula is C29H22F6N8O5S. The number of hydrogen-bond acceptors (Lipinski definition) is 10. The fraction of sp³-hybridized carbons (Fsp3) is 0.172. The SMILES string of the molecule is CC(=O)Nc1ccc(-c2c(C#N)c(NCc3cccnc3)nc(SCc3ncc[nH]3)c2C#N)cc1.O=C(O)C(F)(F)F.O=C(O)C(F)(F)F. The van der Waals surface area contributed by atoms with Crippen LogP contribution in [-0.2, 0) is 26.7 Å². The number of halogens is 6. The summed E-state index contributed by atoms with van der Waals surface area (Å²) in [5.74, 6) is -4.10. The molecule has 1 aromatic carbocycles. The van der Waals surface area contributed by atoms with E-state index in [-0.39, 0.29) is 11.5 Å². The van der Waals surface area contributed by atoms with E-state index in [2.05, 4.69) is 42.7 Å².